The van der Waals surface area contributed by atoms with E-state index in [0.29, 0.717) is 12.1 Å². The summed E-state index contributed by atoms with van der Waals surface area (Å²) in [5.41, 5.74) is 3.07. The fourth-order valence-corrected chi connectivity index (χ4v) is 4.95. The molecule has 1 saturated carbocycles. The SMILES string of the molecule is O=C(NC1CCN(Cc2cscn2)CC1)N1CCC[C@H]1C1CCC1. The van der Waals surface area contributed by atoms with E-state index in [1.807, 2.05) is 5.51 Å². The first kappa shape index (κ1) is 16.3. The third-order valence-electron chi connectivity index (χ3n) is 6.04. The second-order valence-electron chi connectivity index (χ2n) is 7.57. The zero-order valence-electron chi connectivity index (χ0n) is 14.3. The molecule has 24 heavy (non-hydrogen) atoms. The third kappa shape index (κ3) is 3.59. The predicted octanol–water partition coefficient (Wildman–Crippen LogP) is 3.08. The summed E-state index contributed by atoms with van der Waals surface area (Å²) in [5, 5.41) is 5.45. The molecule has 3 heterocycles. The molecule has 2 amide bonds. The molecule has 0 radical (unpaired) electrons. The molecule has 0 bridgehead atoms. The van der Waals surface area contributed by atoms with Crippen LogP contribution < -0.4 is 5.32 Å². The van der Waals surface area contributed by atoms with Gasteiger partial charge in [-0.2, -0.15) is 0 Å². The Balaban J connectivity index is 1.23. The van der Waals surface area contributed by atoms with Crippen LogP contribution in [0.4, 0.5) is 4.79 Å². The van der Waals surface area contributed by atoms with E-state index in [9.17, 15) is 4.79 Å². The van der Waals surface area contributed by atoms with Crippen LogP contribution in [0, 0.1) is 5.92 Å². The van der Waals surface area contributed by atoms with Crippen molar-refractivity contribution in [1.29, 1.82) is 0 Å². The average molecular weight is 349 g/mol. The highest BCUT2D eigenvalue weighted by atomic mass is 32.1. The molecule has 2 aliphatic heterocycles. The van der Waals surface area contributed by atoms with Crippen molar-refractivity contribution in [3.8, 4) is 0 Å². The molecule has 4 rings (SSSR count). The molecule has 132 valence electrons. The van der Waals surface area contributed by atoms with Gasteiger partial charge in [0.05, 0.1) is 11.2 Å². The fraction of sp³-hybridized carbons (Fsp3) is 0.778. The Bertz CT molecular complexity index is 537. The summed E-state index contributed by atoms with van der Waals surface area (Å²) < 4.78 is 0. The number of likely N-dealkylation sites (tertiary alicyclic amines) is 2. The lowest BCUT2D eigenvalue weighted by molar-refractivity contribution is 0.130. The Morgan fingerprint density at radius 3 is 2.67 bits per heavy atom. The van der Waals surface area contributed by atoms with Gasteiger partial charge in [0, 0.05) is 43.6 Å². The molecule has 2 saturated heterocycles. The quantitative estimate of drug-likeness (QED) is 0.910. The van der Waals surface area contributed by atoms with Gasteiger partial charge in [-0.15, -0.1) is 11.3 Å². The van der Waals surface area contributed by atoms with Crippen molar-refractivity contribution in [3.05, 3.63) is 16.6 Å². The molecule has 6 heteroatoms. The van der Waals surface area contributed by atoms with E-state index in [1.54, 1.807) is 11.3 Å². The number of hydrogen-bond acceptors (Lipinski definition) is 4. The molecule has 3 aliphatic rings. The summed E-state index contributed by atoms with van der Waals surface area (Å²) in [6, 6.07) is 1.05. The van der Waals surface area contributed by atoms with E-state index in [-0.39, 0.29) is 6.03 Å². The molecule has 0 unspecified atom stereocenters. The van der Waals surface area contributed by atoms with Crippen LogP contribution in [0.2, 0.25) is 0 Å². The van der Waals surface area contributed by atoms with Crippen molar-refractivity contribution in [2.24, 2.45) is 5.92 Å². The van der Waals surface area contributed by atoms with Gasteiger partial charge in [0.1, 0.15) is 0 Å². The van der Waals surface area contributed by atoms with Crippen LogP contribution in [-0.2, 0) is 6.54 Å². The number of thiazole rings is 1. The van der Waals surface area contributed by atoms with Crippen molar-refractivity contribution in [2.75, 3.05) is 19.6 Å². The first-order valence-electron chi connectivity index (χ1n) is 9.46. The van der Waals surface area contributed by atoms with E-state index in [1.165, 1.54) is 37.8 Å². The Kier molecular flexibility index (Phi) is 5.03. The van der Waals surface area contributed by atoms with Crippen molar-refractivity contribution in [2.45, 2.75) is 63.6 Å². The maximum absolute atomic E-state index is 12.7. The Morgan fingerprint density at radius 2 is 2.00 bits per heavy atom. The van der Waals surface area contributed by atoms with E-state index < -0.39 is 0 Å². The van der Waals surface area contributed by atoms with Gasteiger partial charge in [-0.1, -0.05) is 6.42 Å². The van der Waals surface area contributed by atoms with Gasteiger partial charge in [0.2, 0.25) is 0 Å². The second kappa shape index (κ2) is 7.40. The number of carbonyl (C=O) groups excluding carboxylic acids is 1. The number of rotatable bonds is 4. The molecule has 1 atom stereocenters. The highest BCUT2D eigenvalue weighted by Gasteiger charge is 2.37. The number of piperidine rings is 1. The van der Waals surface area contributed by atoms with E-state index in [4.69, 9.17) is 0 Å². The smallest absolute Gasteiger partial charge is 0.317 e. The highest BCUT2D eigenvalue weighted by Crippen LogP contribution is 2.37. The zero-order chi connectivity index (χ0) is 16.4. The van der Waals surface area contributed by atoms with Crippen LogP contribution in [0.25, 0.3) is 0 Å². The number of nitrogens with one attached hydrogen (secondary N) is 1. The van der Waals surface area contributed by atoms with Gasteiger partial charge < -0.3 is 10.2 Å². The molecule has 1 N–H and O–H groups in total. The van der Waals surface area contributed by atoms with Gasteiger partial charge in [-0.3, -0.25) is 4.90 Å². The molecule has 0 aromatic carbocycles. The lowest BCUT2D eigenvalue weighted by Crippen LogP contribution is -2.52. The lowest BCUT2D eigenvalue weighted by Gasteiger charge is -2.38. The third-order valence-corrected chi connectivity index (χ3v) is 6.67. The van der Waals surface area contributed by atoms with Crippen molar-refractivity contribution >= 4 is 17.4 Å². The van der Waals surface area contributed by atoms with Gasteiger partial charge in [0.25, 0.3) is 0 Å². The number of amides is 2. The highest BCUT2D eigenvalue weighted by molar-refractivity contribution is 7.07. The second-order valence-corrected chi connectivity index (χ2v) is 8.29. The van der Waals surface area contributed by atoms with Gasteiger partial charge >= 0.3 is 6.03 Å². The lowest BCUT2D eigenvalue weighted by atomic mass is 9.79. The van der Waals surface area contributed by atoms with Gasteiger partial charge in [-0.25, -0.2) is 9.78 Å². The molecule has 3 fully saturated rings. The van der Waals surface area contributed by atoms with E-state index in [2.05, 4.69) is 25.5 Å². The Hall–Kier alpha value is -1.14. The van der Waals surface area contributed by atoms with Crippen molar-refractivity contribution in [1.82, 2.24) is 20.1 Å². The summed E-state index contributed by atoms with van der Waals surface area (Å²) in [6.45, 7) is 4.00. The molecule has 1 aromatic heterocycles. The first-order chi connectivity index (χ1) is 11.8. The number of nitrogens with zero attached hydrogens (tertiary/aromatic N) is 3. The maximum atomic E-state index is 12.7. The zero-order valence-corrected chi connectivity index (χ0v) is 15.1. The molecule has 1 aromatic rings. The Morgan fingerprint density at radius 1 is 1.17 bits per heavy atom. The molecule has 1 aliphatic carbocycles. The predicted molar refractivity (Wildman–Crippen MR) is 96.0 cm³/mol. The topological polar surface area (TPSA) is 48.5 Å². The van der Waals surface area contributed by atoms with Gasteiger partial charge in [-0.05, 0) is 44.4 Å². The summed E-state index contributed by atoms with van der Waals surface area (Å²) in [7, 11) is 0. The maximum Gasteiger partial charge on any atom is 0.317 e. The summed E-state index contributed by atoms with van der Waals surface area (Å²) in [5.74, 6) is 0.776. The van der Waals surface area contributed by atoms with Crippen LogP contribution in [0.5, 0.6) is 0 Å². The largest absolute Gasteiger partial charge is 0.335 e. The van der Waals surface area contributed by atoms with E-state index >= 15 is 0 Å². The van der Waals surface area contributed by atoms with Crippen molar-refractivity contribution < 1.29 is 4.79 Å². The van der Waals surface area contributed by atoms with Crippen LogP contribution in [0.15, 0.2) is 10.9 Å². The number of urea groups is 1. The minimum absolute atomic E-state index is 0.197. The normalized spacial score (nSPS) is 26.5. The van der Waals surface area contributed by atoms with Gasteiger partial charge in [0.15, 0.2) is 0 Å². The number of hydrogen-bond donors (Lipinski definition) is 1. The molecule has 5 nitrogen and oxygen atoms in total. The fourth-order valence-electron chi connectivity index (χ4n) is 4.40. The number of carbonyl (C=O) groups is 1. The Labute approximate surface area is 148 Å². The monoisotopic (exact) mass is 348 g/mol. The van der Waals surface area contributed by atoms with Crippen LogP contribution in [0.3, 0.4) is 0 Å². The molecular formula is C18H28N4OS. The average Bonchev–Trinajstić information content (AvgIpc) is 3.19. The summed E-state index contributed by atoms with van der Waals surface area (Å²) >= 11 is 1.66. The van der Waals surface area contributed by atoms with Crippen LogP contribution >= 0.6 is 11.3 Å². The van der Waals surface area contributed by atoms with Crippen LogP contribution in [0.1, 0.15) is 50.6 Å². The first-order valence-corrected chi connectivity index (χ1v) is 10.4. The minimum atomic E-state index is 0.197. The van der Waals surface area contributed by atoms with Crippen molar-refractivity contribution in [3.63, 3.8) is 0 Å². The standard InChI is InChI=1S/C18H28N4OS/c23-18(22-8-2-5-17(22)14-3-1-4-14)20-15-6-9-21(10-7-15)11-16-12-24-13-19-16/h12-15,17H,1-11H2,(H,20,23)/t17-/m0/s1. The number of aromatic nitrogens is 1. The van der Waals surface area contributed by atoms with Crippen LogP contribution in [-0.4, -0.2) is 52.5 Å². The molecular weight excluding hydrogens is 320 g/mol. The van der Waals surface area contributed by atoms with E-state index in [0.717, 1.165) is 44.9 Å². The minimum Gasteiger partial charge on any atom is -0.335 e. The summed E-state index contributed by atoms with van der Waals surface area (Å²) in [4.78, 5) is 21.7. The summed E-state index contributed by atoms with van der Waals surface area (Å²) in [6.07, 6.45) is 8.50. The molecule has 0 spiro atoms.